The largest absolute Gasteiger partial charge is 0.372 e. The van der Waals surface area contributed by atoms with Crippen molar-refractivity contribution >= 4 is 6.03 Å². The second-order valence-corrected chi connectivity index (χ2v) is 6.39. The summed E-state index contributed by atoms with van der Waals surface area (Å²) in [6, 6.07) is 0.489. The van der Waals surface area contributed by atoms with E-state index in [0.717, 1.165) is 19.4 Å². The first kappa shape index (κ1) is 15.6. The Morgan fingerprint density at radius 3 is 2.65 bits per heavy atom. The van der Waals surface area contributed by atoms with Crippen molar-refractivity contribution in [1.29, 1.82) is 0 Å². The van der Waals surface area contributed by atoms with Crippen LogP contribution >= 0.6 is 0 Å². The first-order valence-electron chi connectivity index (χ1n) is 8.34. The predicted octanol–water partition coefficient (Wildman–Crippen LogP) is 3.16. The second kappa shape index (κ2) is 7.30. The van der Waals surface area contributed by atoms with Gasteiger partial charge in [0.25, 0.3) is 0 Å². The van der Waals surface area contributed by atoms with Crippen molar-refractivity contribution in [3.8, 4) is 0 Å². The van der Waals surface area contributed by atoms with Crippen molar-refractivity contribution in [1.82, 2.24) is 10.2 Å². The molecule has 20 heavy (non-hydrogen) atoms. The maximum absolute atomic E-state index is 12.5. The Morgan fingerprint density at radius 2 is 1.95 bits per heavy atom. The Labute approximate surface area is 123 Å². The number of rotatable bonds is 3. The summed E-state index contributed by atoms with van der Waals surface area (Å²) < 4.78 is 5.83. The molecule has 2 rings (SSSR count). The molecule has 0 aromatic carbocycles. The Kier molecular flexibility index (Phi) is 5.70. The highest BCUT2D eigenvalue weighted by Gasteiger charge is 2.30. The molecule has 0 bridgehead atoms. The Balaban J connectivity index is 1.89. The molecular formula is C16H30N2O2. The van der Waals surface area contributed by atoms with E-state index < -0.39 is 0 Å². The molecular weight excluding hydrogens is 252 g/mol. The molecule has 0 aromatic heterocycles. The Bertz CT molecular complexity index is 322. The lowest BCUT2D eigenvalue weighted by Gasteiger charge is -2.39. The highest BCUT2D eigenvalue weighted by molar-refractivity contribution is 5.74. The van der Waals surface area contributed by atoms with Crippen molar-refractivity contribution in [2.75, 3.05) is 13.1 Å². The second-order valence-electron chi connectivity index (χ2n) is 6.39. The quantitative estimate of drug-likeness (QED) is 0.864. The van der Waals surface area contributed by atoms with Gasteiger partial charge in [-0.3, -0.25) is 0 Å². The molecule has 0 aromatic rings. The molecule has 1 aliphatic carbocycles. The summed E-state index contributed by atoms with van der Waals surface area (Å²) in [6.45, 7) is 7.85. The fourth-order valence-corrected chi connectivity index (χ4v) is 3.57. The summed E-state index contributed by atoms with van der Waals surface area (Å²) in [5, 5.41) is 3.29. The van der Waals surface area contributed by atoms with Crippen LogP contribution in [-0.4, -0.2) is 42.3 Å². The maximum atomic E-state index is 12.5. The average Bonchev–Trinajstić information content (AvgIpc) is 2.47. The van der Waals surface area contributed by atoms with E-state index >= 15 is 0 Å². The topological polar surface area (TPSA) is 41.6 Å². The van der Waals surface area contributed by atoms with Crippen molar-refractivity contribution in [2.45, 2.75) is 77.5 Å². The van der Waals surface area contributed by atoms with Gasteiger partial charge in [0.1, 0.15) is 0 Å². The van der Waals surface area contributed by atoms with Crippen molar-refractivity contribution in [2.24, 2.45) is 5.92 Å². The molecule has 2 aliphatic rings. The van der Waals surface area contributed by atoms with Gasteiger partial charge in [-0.1, -0.05) is 33.1 Å². The number of amides is 2. The van der Waals surface area contributed by atoms with Crippen LogP contribution in [0.25, 0.3) is 0 Å². The third kappa shape index (κ3) is 3.87. The average molecular weight is 282 g/mol. The van der Waals surface area contributed by atoms with Crippen molar-refractivity contribution in [3.63, 3.8) is 0 Å². The molecule has 2 amide bonds. The van der Waals surface area contributed by atoms with Gasteiger partial charge in [0.05, 0.1) is 12.2 Å². The van der Waals surface area contributed by atoms with Gasteiger partial charge >= 0.3 is 6.03 Å². The fourth-order valence-electron chi connectivity index (χ4n) is 3.57. The van der Waals surface area contributed by atoms with Crippen LogP contribution in [0.15, 0.2) is 0 Å². The fraction of sp³-hybridized carbons (Fsp3) is 0.938. The van der Waals surface area contributed by atoms with E-state index in [-0.39, 0.29) is 18.2 Å². The van der Waals surface area contributed by atoms with E-state index in [1.54, 1.807) is 0 Å². The number of hydrogen-bond donors (Lipinski definition) is 1. The third-order valence-corrected chi connectivity index (χ3v) is 4.81. The molecule has 0 spiro atoms. The van der Waals surface area contributed by atoms with Gasteiger partial charge in [0, 0.05) is 19.1 Å². The van der Waals surface area contributed by atoms with Crippen LogP contribution in [0.5, 0.6) is 0 Å². The van der Waals surface area contributed by atoms with Gasteiger partial charge in [0.15, 0.2) is 0 Å². The first-order chi connectivity index (χ1) is 9.63. The molecule has 0 radical (unpaired) electrons. The maximum Gasteiger partial charge on any atom is 0.317 e. The van der Waals surface area contributed by atoms with Crippen LogP contribution in [0.2, 0.25) is 0 Å². The Hall–Kier alpha value is -0.770. The molecule has 4 nitrogen and oxygen atoms in total. The molecule has 4 atom stereocenters. The van der Waals surface area contributed by atoms with Crippen LogP contribution in [0, 0.1) is 5.92 Å². The summed E-state index contributed by atoms with van der Waals surface area (Å²) in [5.74, 6) is 0.660. The lowest BCUT2D eigenvalue weighted by atomic mass is 9.83. The molecule has 1 N–H and O–H groups in total. The third-order valence-electron chi connectivity index (χ3n) is 4.81. The zero-order valence-electron chi connectivity index (χ0n) is 13.2. The number of hydrogen-bond acceptors (Lipinski definition) is 2. The minimum absolute atomic E-state index is 0.115. The molecule has 1 aliphatic heterocycles. The zero-order chi connectivity index (χ0) is 14.5. The lowest BCUT2D eigenvalue weighted by molar-refractivity contribution is -0.0650. The lowest BCUT2D eigenvalue weighted by Crippen LogP contribution is -2.55. The van der Waals surface area contributed by atoms with Crippen LogP contribution in [0.1, 0.15) is 59.3 Å². The van der Waals surface area contributed by atoms with Gasteiger partial charge in [-0.05, 0) is 32.1 Å². The smallest absolute Gasteiger partial charge is 0.317 e. The number of nitrogens with one attached hydrogen (secondary N) is 1. The van der Waals surface area contributed by atoms with Crippen LogP contribution in [0.3, 0.4) is 0 Å². The number of carbonyl (C=O) groups excluding carboxylic acids is 1. The normalized spacial score (nSPS) is 34.9. The van der Waals surface area contributed by atoms with E-state index in [4.69, 9.17) is 4.74 Å². The van der Waals surface area contributed by atoms with E-state index in [0.29, 0.717) is 18.5 Å². The van der Waals surface area contributed by atoms with Gasteiger partial charge in [-0.2, -0.15) is 0 Å². The summed E-state index contributed by atoms with van der Waals surface area (Å²) in [7, 11) is 0. The molecule has 116 valence electrons. The van der Waals surface area contributed by atoms with Crippen molar-refractivity contribution < 1.29 is 9.53 Å². The number of carbonyl (C=O) groups is 1. The van der Waals surface area contributed by atoms with E-state index in [9.17, 15) is 4.79 Å². The Morgan fingerprint density at radius 1 is 1.20 bits per heavy atom. The SMILES string of the molecule is CC[C@@H]1CN(C(=O)N[C@@H]2CCCC[C@@H]2CC)C[C@@H](C)O1. The molecule has 1 saturated heterocycles. The van der Waals surface area contributed by atoms with Crippen LogP contribution in [-0.2, 0) is 4.74 Å². The summed E-state index contributed by atoms with van der Waals surface area (Å²) in [5.41, 5.74) is 0. The molecule has 2 fully saturated rings. The predicted molar refractivity (Wildman–Crippen MR) is 80.8 cm³/mol. The molecule has 1 heterocycles. The molecule has 1 saturated carbocycles. The van der Waals surface area contributed by atoms with Crippen LogP contribution in [0.4, 0.5) is 4.79 Å². The number of urea groups is 1. The highest BCUT2D eigenvalue weighted by Crippen LogP contribution is 2.27. The monoisotopic (exact) mass is 282 g/mol. The minimum Gasteiger partial charge on any atom is -0.372 e. The van der Waals surface area contributed by atoms with Gasteiger partial charge < -0.3 is 15.0 Å². The number of nitrogens with zero attached hydrogens (tertiary/aromatic N) is 1. The van der Waals surface area contributed by atoms with Crippen LogP contribution < -0.4 is 5.32 Å². The van der Waals surface area contributed by atoms with E-state index in [2.05, 4.69) is 26.1 Å². The highest BCUT2D eigenvalue weighted by atomic mass is 16.5. The zero-order valence-corrected chi connectivity index (χ0v) is 13.2. The van der Waals surface area contributed by atoms with E-state index in [1.165, 1.54) is 25.7 Å². The first-order valence-corrected chi connectivity index (χ1v) is 8.34. The van der Waals surface area contributed by atoms with Gasteiger partial charge in [-0.15, -0.1) is 0 Å². The molecule has 0 unspecified atom stereocenters. The standard InChI is InChI=1S/C16H30N2O2/c1-4-13-8-6-7-9-15(13)17-16(19)18-10-12(3)20-14(5-2)11-18/h12-15H,4-11H2,1-3H3,(H,17,19)/t12-,13+,14-,15-/m1/s1. The number of ether oxygens (including phenoxy) is 1. The summed E-state index contributed by atoms with van der Waals surface area (Å²) in [6.07, 6.45) is 7.44. The van der Waals surface area contributed by atoms with Crippen molar-refractivity contribution in [3.05, 3.63) is 0 Å². The summed E-state index contributed by atoms with van der Waals surface area (Å²) in [4.78, 5) is 14.4. The summed E-state index contributed by atoms with van der Waals surface area (Å²) >= 11 is 0. The van der Waals surface area contributed by atoms with Gasteiger partial charge in [0.2, 0.25) is 0 Å². The van der Waals surface area contributed by atoms with E-state index in [1.807, 2.05) is 4.90 Å². The number of morpholine rings is 1. The minimum atomic E-state index is 0.115. The van der Waals surface area contributed by atoms with Gasteiger partial charge in [-0.25, -0.2) is 4.79 Å². The molecule has 4 heteroatoms.